The van der Waals surface area contributed by atoms with E-state index in [1.165, 1.54) is 18.9 Å². The Morgan fingerprint density at radius 3 is 2.30 bits per heavy atom. The van der Waals surface area contributed by atoms with Crippen LogP contribution in [-0.2, 0) is 30.6 Å². The molecule has 8 heteroatoms. The minimum atomic E-state index is -1.35. The number of hydrogen-bond donors (Lipinski definition) is 0. The predicted octanol–water partition coefficient (Wildman–Crippen LogP) is 4.07. The number of fused-ring (bicyclic) bond motifs is 1. The number of methoxy groups -OCH3 is 2. The maximum absolute atomic E-state index is 13.9. The Morgan fingerprint density at radius 1 is 1.09 bits per heavy atom. The largest absolute Gasteiger partial charge is 0.497 e. The Labute approximate surface area is 203 Å². The molecule has 0 aliphatic carbocycles. The number of hydrogen-bond acceptors (Lipinski definition) is 6. The second kappa shape index (κ2) is 9.91. The summed E-state index contributed by atoms with van der Waals surface area (Å²) < 4.78 is 15.6. The normalized spacial score (nSPS) is 17.8. The quantitative estimate of drug-likeness (QED) is 0.436. The van der Waals surface area contributed by atoms with Crippen LogP contribution in [0.5, 0.6) is 5.75 Å². The molecule has 1 amide bonds. The highest BCUT2D eigenvalue weighted by molar-refractivity contribution is 8.01. The van der Waals surface area contributed by atoms with E-state index in [4.69, 9.17) is 13.9 Å². The Balaban J connectivity index is 2.10. The van der Waals surface area contributed by atoms with Crippen molar-refractivity contribution in [2.24, 2.45) is 0 Å². The molecule has 33 heavy (non-hydrogen) atoms. The SMILES string of the molecule is COC(=O)C(C)(CO[Si])N1C(=O)C(Cc2ccc(OC)cc2)Sc2ccc(C(C)(C)C)cc21. The van der Waals surface area contributed by atoms with Crippen molar-refractivity contribution in [3.63, 3.8) is 0 Å². The summed E-state index contributed by atoms with van der Waals surface area (Å²) in [5.74, 6) is 0.0536. The first-order chi connectivity index (χ1) is 15.5. The van der Waals surface area contributed by atoms with Crippen molar-refractivity contribution in [3.8, 4) is 5.75 Å². The van der Waals surface area contributed by atoms with Gasteiger partial charge < -0.3 is 13.9 Å². The summed E-state index contributed by atoms with van der Waals surface area (Å²) in [5, 5.41) is -0.412. The first-order valence-corrected chi connectivity index (χ1v) is 12.0. The van der Waals surface area contributed by atoms with Gasteiger partial charge in [-0.05, 0) is 54.2 Å². The lowest BCUT2D eigenvalue weighted by Crippen LogP contribution is -2.62. The third-order valence-corrected chi connectivity index (χ3v) is 7.28. The maximum atomic E-state index is 13.9. The monoisotopic (exact) mass is 484 g/mol. The molecule has 0 saturated carbocycles. The van der Waals surface area contributed by atoms with Gasteiger partial charge in [-0.2, -0.15) is 0 Å². The molecule has 1 aliphatic heterocycles. The Morgan fingerprint density at radius 2 is 1.76 bits per heavy atom. The first kappa shape index (κ1) is 25.3. The minimum Gasteiger partial charge on any atom is -0.497 e. The van der Waals surface area contributed by atoms with Gasteiger partial charge in [-0.15, -0.1) is 11.8 Å². The zero-order valence-corrected chi connectivity index (χ0v) is 21.7. The van der Waals surface area contributed by atoms with Gasteiger partial charge in [-0.25, -0.2) is 4.79 Å². The highest BCUT2D eigenvalue weighted by Gasteiger charge is 2.49. The van der Waals surface area contributed by atoms with Gasteiger partial charge in [0.15, 0.2) is 5.54 Å². The van der Waals surface area contributed by atoms with E-state index in [1.54, 1.807) is 18.9 Å². The number of esters is 1. The molecular weight excluding hydrogens is 454 g/mol. The number of amides is 1. The molecule has 0 aromatic heterocycles. The van der Waals surface area contributed by atoms with Crippen LogP contribution >= 0.6 is 11.8 Å². The van der Waals surface area contributed by atoms with Crippen LogP contribution in [0.1, 0.15) is 38.8 Å². The van der Waals surface area contributed by atoms with Crippen molar-refractivity contribution in [2.75, 3.05) is 25.7 Å². The minimum absolute atomic E-state index is 0.0680. The molecule has 3 rings (SSSR count). The van der Waals surface area contributed by atoms with Crippen molar-refractivity contribution in [2.45, 2.75) is 55.2 Å². The molecule has 1 aliphatic rings. The van der Waals surface area contributed by atoms with Crippen LogP contribution in [0.25, 0.3) is 0 Å². The van der Waals surface area contributed by atoms with Crippen LogP contribution < -0.4 is 9.64 Å². The third-order valence-electron chi connectivity index (χ3n) is 5.88. The second-order valence-electron chi connectivity index (χ2n) is 9.32. The van der Waals surface area contributed by atoms with Crippen LogP contribution in [0.4, 0.5) is 5.69 Å². The lowest BCUT2D eigenvalue weighted by molar-refractivity contribution is -0.149. The second-order valence-corrected chi connectivity index (χ2v) is 10.9. The molecule has 0 N–H and O–H groups in total. The zero-order valence-electron chi connectivity index (χ0n) is 19.9. The lowest BCUT2D eigenvalue weighted by atomic mass is 9.86. The molecule has 2 aromatic carbocycles. The lowest BCUT2D eigenvalue weighted by Gasteiger charge is -2.44. The molecule has 2 unspecified atom stereocenters. The van der Waals surface area contributed by atoms with E-state index >= 15 is 0 Å². The number of carbonyl (C=O) groups is 2. The molecule has 0 saturated heterocycles. The number of rotatable bonds is 7. The molecule has 175 valence electrons. The highest BCUT2D eigenvalue weighted by atomic mass is 32.2. The molecule has 0 spiro atoms. The van der Waals surface area contributed by atoms with Gasteiger partial charge in [-0.3, -0.25) is 9.69 Å². The van der Waals surface area contributed by atoms with E-state index in [1.807, 2.05) is 36.4 Å². The summed E-state index contributed by atoms with van der Waals surface area (Å²) in [6.07, 6.45) is 0.510. The van der Waals surface area contributed by atoms with Gasteiger partial charge in [0.1, 0.15) is 5.75 Å². The first-order valence-electron chi connectivity index (χ1n) is 10.7. The summed E-state index contributed by atoms with van der Waals surface area (Å²) >= 11 is 1.52. The van der Waals surface area contributed by atoms with Gasteiger partial charge >= 0.3 is 5.97 Å². The van der Waals surface area contributed by atoms with Crippen molar-refractivity contribution in [1.29, 1.82) is 0 Å². The summed E-state index contributed by atoms with van der Waals surface area (Å²) in [4.78, 5) is 29.4. The summed E-state index contributed by atoms with van der Waals surface area (Å²) in [5.41, 5.74) is 1.30. The standard InChI is InChI=1S/C25H30NO5SSi/c1-24(2,3)17-9-12-20-19(14-17)26(25(4,15-31-33)23(28)30-6)22(27)21(32-20)13-16-7-10-18(29-5)11-8-16/h7-12,14,21H,13,15H2,1-6H3. The Kier molecular flexibility index (Phi) is 7.61. The molecule has 2 atom stereocenters. The number of thioether (sulfide) groups is 1. The average molecular weight is 485 g/mol. The van der Waals surface area contributed by atoms with E-state index < -0.39 is 16.8 Å². The third kappa shape index (κ3) is 5.12. The van der Waals surface area contributed by atoms with E-state index in [9.17, 15) is 9.59 Å². The van der Waals surface area contributed by atoms with Crippen molar-refractivity contribution >= 4 is 39.8 Å². The number of carbonyl (C=O) groups excluding carboxylic acids is 2. The maximum Gasteiger partial charge on any atom is 0.334 e. The predicted molar refractivity (Wildman–Crippen MR) is 131 cm³/mol. The zero-order chi connectivity index (χ0) is 24.4. The fraction of sp³-hybridized carbons (Fsp3) is 0.440. The van der Waals surface area contributed by atoms with Crippen molar-refractivity contribution < 1.29 is 23.5 Å². The molecule has 0 bridgehead atoms. The van der Waals surface area contributed by atoms with E-state index in [2.05, 4.69) is 37.3 Å². The van der Waals surface area contributed by atoms with Gasteiger partial charge in [0, 0.05) is 4.90 Å². The number of benzene rings is 2. The fourth-order valence-corrected chi connectivity index (χ4v) is 5.40. The van der Waals surface area contributed by atoms with Gasteiger partial charge in [0.2, 0.25) is 16.4 Å². The van der Waals surface area contributed by atoms with Crippen molar-refractivity contribution in [3.05, 3.63) is 53.6 Å². The summed E-state index contributed by atoms with van der Waals surface area (Å²) in [7, 11) is 5.97. The van der Waals surface area contributed by atoms with Crippen LogP contribution in [0.15, 0.2) is 47.4 Å². The van der Waals surface area contributed by atoms with Gasteiger partial charge in [0.05, 0.1) is 31.8 Å². The number of nitrogens with zero attached hydrogens (tertiary/aromatic N) is 1. The Hall–Kier alpha value is -2.29. The Bertz CT molecular complexity index is 1020. The summed E-state index contributed by atoms with van der Waals surface area (Å²) in [6.45, 7) is 7.95. The van der Waals surface area contributed by atoms with Crippen LogP contribution in [0, 0.1) is 0 Å². The smallest absolute Gasteiger partial charge is 0.334 e. The fourth-order valence-electron chi connectivity index (χ4n) is 3.91. The average Bonchev–Trinajstić information content (AvgIpc) is 2.78. The molecule has 3 radical (unpaired) electrons. The summed E-state index contributed by atoms with van der Waals surface area (Å²) in [6, 6.07) is 13.8. The van der Waals surface area contributed by atoms with Gasteiger partial charge in [0.25, 0.3) is 0 Å². The van der Waals surface area contributed by atoms with E-state index in [-0.39, 0.29) is 17.9 Å². The molecule has 0 fully saturated rings. The van der Waals surface area contributed by atoms with Crippen LogP contribution in [-0.4, -0.2) is 54.0 Å². The molecule has 1 heterocycles. The van der Waals surface area contributed by atoms with Crippen molar-refractivity contribution in [1.82, 2.24) is 0 Å². The van der Waals surface area contributed by atoms with Crippen LogP contribution in [0.3, 0.4) is 0 Å². The molecule has 2 aromatic rings. The highest BCUT2D eigenvalue weighted by Crippen LogP contribution is 2.45. The van der Waals surface area contributed by atoms with Gasteiger partial charge in [-0.1, -0.05) is 39.0 Å². The molecular formula is C25H30NO5SSi. The van der Waals surface area contributed by atoms with Crippen LogP contribution in [0.2, 0.25) is 0 Å². The van der Waals surface area contributed by atoms with E-state index in [0.29, 0.717) is 12.1 Å². The van der Waals surface area contributed by atoms with E-state index in [0.717, 1.165) is 21.8 Å². The number of anilines is 1. The molecule has 6 nitrogen and oxygen atoms in total. The number of ether oxygens (including phenoxy) is 2. The topological polar surface area (TPSA) is 65.1 Å².